The van der Waals surface area contributed by atoms with Crippen LogP contribution in [0.5, 0.6) is 0 Å². The molecule has 1 unspecified atom stereocenters. The fourth-order valence-corrected chi connectivity index (χ4v) is 3.31. The number of nitrogens with one attached hydrogen (secondary N) is 2. The molecule has 29 heavy (non-hydrogen) atoms. The molecule has 0 fully saturated rings. The summed E-state index contributed by atoms with van der Waals surface area (Å²) >= 11 is 0. The monoisotopic (exact) mass is 390 g/mol. The number of rotatable bonds is 6. The zero-order valence-corrected chi connectivity index (χ0v) is 16.6. The Morgan fingerprint density at radius 2 is 2.03 bits per heavy atom. The summed E-state index contributed by atoms with van der Waals surface area (Å²) in [4.78, 5) is 30.9. The smallest absolute Gasteiger partial charge is 0.266 e. The number of aryl methyl sites for hydroxylation is 1. The number of H-pyrrole nitrogens is 1. The molecule has 1 atom stereocenters. The van der Waals surface area contributed by atoms with E-state index in [4.69, 9.17) is 5.26 Å². The van der Waals surface area contributed by atoms with Gasteiger partial charge in [-0.1, -0.05) is 12.1 Å². The van der Waals surface area contributed by atoms with Crippen molar-refractivity contribution in [1.82, 2.24) is 25.1 Å². The maximum absolute atomic E-state index is 12.4. The molecular weight excluding hydrogens is 368 g/mol. The minimum Gasteiger partial charge on any atom is -0.350 e. The number of nitrogens with zero attached hydrogens (tertiary/aromatic N) is 4. The molecular formula is C21H22N6O2. The lowest BCUT2D eigenvalue weighted by atomic mass is 9.99. The number of pyridine rings is 1. The van der Waals surface area contributed by atoms with Gasteiger partial charge in [0, 0.05) is 12.1 Å². The van der Waals surface area contributed by atoms with Crippen molar-refractivity contribution < 1.29 is 4.79 Å². The summed E-state index contributed by atoms with van der Waals surface area (Å²) in [6, 6.07) is 9.50. The van der Waals surface area contributed by atoms with Crippen LogP contribution < -0.4 is 10.9 Å². The largest absolute Gasteiger partial charge is 0.350 e. The molecule has 0 aliphatic rings. The molecule has 1 aromatic carbocycles. The fourth-order valence-electron chi connectivity index (χ4n) is 3.31. The van der Waals surface area contributed by atoms with Gasteiger partial charge in [-0.2, -0.15) is 10.4 Å². The Morgan fingerprint density at radius 3 is 2.66 bits per heavy atom. The molecule has 3 rings (SSSR count). The van der Waals surface area contributed by atoms with Gasteiger partial charge in [-0.15, -0.1) is 0 Å². The molecule has 0 spiro atoms. The average Bonchev–Trinajstić information content (AvgIpc) is 3.22. The highest BCUT2D eigenvalue weighted by Gasteiger charge is 2.15. The molecule has 0 aliphatic heterocycles. The standard InChI is InChI=1S/C21H22N6O2/c1-13-18(15(3)26-21(29)19(13)10-22)8-9-20(28)25-14(2)16-4-6-17(7-5-16)27-12-23-11-24-27/h4-7,11-12,14H,8-9H2,1-3H3,(H,25,28)(H,26,29). The summed E-state index contributed by atoms with van der Waals surface area (Å²) < 4.78 is 1.66. The second-order valence-corrected chi connectivity index (χ2v) is 6.89. The molecule has 0 saturated carbocycles. The molecule has 0 saturated heterocycles. The number of aromatic amines is 1. The molecule has 148 valence electrons. The summed E-state index contributed by atoms with van der Waals surface area (Å²) in [5.74, 6) is -0.0960. The van der Waals surface area contributed by atoms with Crippen molar-refractivity contribution in [3.8, 4) is 11.8 Å². The van der Waals surface area contributed by atoms with Gasteiger partial charge in [-0.05, 0) is 56.0 Å². The molecule has 8 heteroatoms. The van der Waals surface area contributed by atoms with Crippen LogP contribution in [0.25, 0.3) is 5.69 Å². The molecule has 0 radical (unpaired) electrons. The SMILES string of the molecule is Cc1[nH]c(=O)c(C#N)c(C)c1CCC(=O)NC(C)c1ccc(-n2cncn2)cc1. The number of carbonyl (C=O) groups is 1. The van der Waals surface area contributed by atoms with Gasteiger partial charge in [0.25, 0.3) is 5.56 Å². The lowest BCUT2D eigenvalue weighted by Gasteiger charge is -2.16. The zero-order chi connectivity index (χ0) is 21.0. The third kappa shape index (κ3) is 4.41. The van der Waals surface area contributed by atoms with E-state index in [1.54, 1.807) is 24.9 Å². The number of amides is 1. The van der Waals surface area contributed by atoms with Crippen molar-refractivity contribution in [3.63, 3.8) is 0 Å². The quantitative estimate of drug-likeness (QED) is 0.670. The highest BCUT2D eigenvalue weighted by Crippen LogP contribution is 2.17. The first-order valence-corrected chi connectivity index (χ1v) is 9.27. The number of hydrogen-bond donors (Lipinski definition) is 2. The number of hydrogen-bond acceptors (Lipinski definition) is 5. The molecule has 3 aromatic rings. The third-order valence-corrected chi connectivity index (χ3v) is 4.98. The molecule has 2 aromatic heterocycles. The first kappa shape index (κ1) is 20.0. The van der Waals surface area contributed by atoms with Crippen LogP contribution in [0.15, 0.2) is 41.7 Å². The van der Waals surface area contributed by atoms with Gasteiger partial charge in [0.2, 0.25) is 5.91 Å². The zero-order valence-electron chi connectivity index (χ0n) is 16.6. The normalized spacial score (nSPS) is 11.7. The Morgan fingerprint density at radius 1 is 1.31 bits per heavy atom. The molecule has 1 amide bonds. The van der Waals surface area contributed by atoms with Crippen molar-refractivity contribution >= 4 is 5.91 Å². The summed E-state index contributed by atoms with van der Waals surface area (Å²) in [5, 5.41) is 16.2. The van der Waals surface area contributed by atoms with Crippen LogP contribution in [0.4, 0.5) is 0 Å². The molecule has 0 bridgehead atoms. The number of carbonyl (C=O) groups excluding carboxylic acids is 1. The molecule has 8 nitrogen and oxygen atoms in total. The van der Waals surface area contributed by atoms with Gasteiger partial charge in [-0.3, -0.25) is 9.59 Å². The van der Waals surface area contributed by atoms with Gasteiger partial charge in [0.1, 0.15) is 24.3 Å². The van der Waals surface area contributed by atoms with Crippen LogP contribution in [0.3, 0.4) is 0 Å². The van der Waals surface area contributed by atoms with Crippen molar-refractivity contribution in [2.24, 2.45) is 0 Å². The minimum absolute atomic E-state index is 0.0960. The van der Waals surface area contributed by atoms with Crippen LogP contribution >= 0.6 is 0 Å². The van der Waals surface area contributed by atoms with Gasteiger partial charge in [0.05, 0.1) is 11.7 Å². The predicted octanol–water partition coefficient (Wildman–Crippen LogP) is 2.25. The van der Waals surface area contributed by atoms with E-state index in [2.05, 4.69) is 20.4 Å². The number of nitriles is 1. The Bertz CT molecular complexity index is 1110. The van der Waals surface area contributed by atoms with E-state index in [1.165, 1.54) is 6.33 Å². The van der Waals surface area contributed by atoms with Crippen molar-refractivity contribution in [2.45, 2.75) is 39.7 Å². The van der Waals surface area contributed by atoms with Crippen LogP contribution in [-0.2, 0) is 11.2 Å². The maximum Gasteiger partial charge on any atom is 0.266 e. The van der Waals surface area contributed by atoms with Crippen LogP contribution in [0.2, 0.25) is 0 Å². The van der Waals surface area contributed by atoms with E-state index < -0.39 is 5.56 Å². The first-order chi connectivity index (χ1) is 13.9. The van der Waals surface area contributed by atoms with Crippen molar-refractivity contribution in [3.05, 3.63) is 75.2 Å². The third-order valence-electron chi connectivity index (χ3n) is 4.98. The van der Waals surface area contributed by atoms with E-state index in [0.717, 1.165) is 16.8 Å². The summed E-state index contributed by atoms with van der Waals surface area (Å²) in [6.07, 6.45) is 3.81. The van der Waals surface area contributed by atoms with Crippen LogP contribution in [-0.4, -0.2) is 25.7 Å². The van der Waals surface area contributed by atoms with E-state index in [1.807, 2.05) is 37.3 Å². The van der Waals surface area contributed by atoms with Gasteiger partial charge >= 0.3 is 0 Å². The molecule has 0 aliphatic carbocycles. The van der Waals surface area contributed by atoms with Crippen molar-refractivity contribution in [1.29, 1.82) is 5.26 Å². The van der Waals surface area contributed by atoms with Crippen LogP contribution in [0, 0.1) is 25.2 Å². The Hall–Kier alpha value is -3.73. The van der Waals surface area contributed by atoms with E-state index >= 15 is 0 Å². The Labute approximate surface area is 168 Å². The second kappa shape index (κ2) is 8.52. The Balaban J connectivity index is 1.63. The van der Waals surface area contributed by atoms with Gasteiger partial charge < -0.3 is 10.3 Å². The molecule has 2 N–H and O–H groups in total. The fraction of sp³-hybridized carbons (Fsp3) is 0.286. The topological polar surface area (TPSA) is 116 Å². The lowest BCUT2D eigenvalue weighted by Crippen LogP contribution is -2.27. The van der Waals surface area contributed by atoms with E-state index in [0.29, 0.717) is 17.7 Å². The van der Waals surface area contributed by atoms with Gasteiger partial charge in [-0.25, -0.2) is 9.67 Å². The van der Waals surface area contributed by atoms with E-state index in [9.17, 15) is 9.59 Å². The maximum atomic E-state index is 12.4. The van der Waals surface area contributed by atoms with Crippen LogP contribution in [0.1, 0.15) is 47.3 Å². The number of aromatic nitrogens is 4. The minimum atomic E-state index is -0.390. The Kier molecular flexibility index (Phi) is 5.88. The number of benzene rings is 1. The summed E-state index contributed by atoms with van der Waals surface area (Å²) in [5.41, 5.74) is 3.74. The highest BCUT2D eigenvalue weighted by atomic mass is 16.1. The van der Waals surface area contributed by atoms with E-state index in [-0.39, 0.29) is 23.9 Å². The summed E-state index contributed by atoms with van der Waals surface area (Å²) in [7, 11) is 0. The van der Waals surface area contributed by atoms with Gasteiger partial charge in [0.15, 0.2) is 0 Å². The first-order valence-electron chi connectivity index (χ1n) is 9.27. The molecule has 2 heterocycles. The summed E-state index contributed by atoms with van der Waals surface area (Å²) in [6.45, 7) is 5.45. The second-order valence-electron chi connectivity index (χ2n) is 6.89. The predicted molar refractivity (Wildman–Crippen MR) is 107 cm³/mol. The lowest BCUT2D eigenvalue weighted by molar-refractivity contribution is -0.121. The average molecular weight is 390 g/mol. The van der Waals surface area contributed by atoms with Crippen molar-refractivity contribution in [2.75, 3.05) is 0 Å². The highest BCUT2D eigenvalue weighted by molar-refractivity contribution is 5.76.